The van der Waals surface area contributed by atoms with Crippen LogP contribution in [0, 0.1) is 11.3 Å². The quantitative estimate of drug-likeness (QED) is 0.853. The second kappa shape index (κ2) is 6.31. The van der Waals surface area contributed by atoms with Gasteiger partial charge in [-0.3, -0.25) is 0 Å². The topological polar surface area (TPSA) is 45.0 Å². The monoisotopic (exact) mass is 276 g/mol. The van der Waals surface area contributed by atoms with Crippen molar-refractivity contribution in [2.24, 2.45) is 0 Å². The van der Waals surface area contributed by atoms with Crippen molar-refractivity contribution < 1.29 is 4.74 Å². The number of hydrogen-bond acceptors (Lipinski definition) is 4. The van der Waals surface area contributed by atoms with E-state index in [1.807, 2.05) is 18.2 Å². The van der Waals surface area contributed by atoms with Crippen LogP contribution in [0.2, 0.25) is 0 Å². The van der Waals surface area contributed by atoms with Gasteiger partial charge in [0.1, 0.15) is 6.07 Å². The van der Waals surface area contributed by atoms with Crippen LogP contribution in [0.3, 0.4) is 0 Å². The number of benzene rings is 1. The smallest absolute Gasteiger partial charge is 0.102 e. The van der Waals surface area contributed by atoms with Gasteiger partial charge in [0.05, 0.1) is 23.4 Å². The van der Waals surface area contributed by atoms with E-state index in [0.29, 0.717) is 6.61 Å². The van der Waals surface area contributed by atoms with E-state index in [0.717, 1.165) is 41.3 Å². The second-order valence-electron chi connectivity index (χ2n) is 5.07. The first-order valence-corrected chi connectivity index (χ1v) is 7.69. The molecule has 1 heterocycles. The van der Waals surface area contributed by atoms with E-state index in [1.54, 1.807) is 11.8 Å². The maximum atomic E-state index is 9.40. The molecular formula is C15H20N2OS. The van der Waals surface area contributed by atoms with Gasteiger partial charge < -0.3 is 10.1 Å². The standard InChI is InChI=1S/C15H20N2OS/c1-3-19-14-7-4-6-13(12(14)10-16)17-15(2)8-5-9-18-11-15/h4,6-7,17H,3,5,8-9,11H2,1-2H3. The number of hydrogen-bond donors (Lipinski definition) is 1. The normalized spacial score (nSPS) is 22.8. The minimum absolute atomic E-state index is 0.0701. The fraction of sp³-hybridized carbons (Fsp3) is 0.533. The predicted molar refractivity (Wildman–Crippen MR) is 79.6 cm³/mol. The number of thioether (sulfide) groups is 1. The van der Waals surface area contributed by atoms with Crippen molar-refractivity contribution in [1.29, 1.82) is 5.26 Å². The molecule has 1 N–H and O–H groups in total. The lowest BCUT2D eigenvalue weighted by Crippen LogP contribution is -2.43. The van der Waals surface area contributed by atoms with Gasteiger partial charge in [0.15, 0.2) is 0 Å². The fourth-order valence-corrected chi connectivity index (χ4v) is 3.17. The minimum atomic E-state index is -0.0701. The van der Waals surface area contributed by atoms with Gasteiger partial charge in [0.25, 0.3) is 0 Å². The van der Waals surface area contributed by atoms with Gasteiger partial charge in [-0.25, -0.2) is 0 Å². The molecule has 0 saturated carbocycles. The Bertz CT molecular complexity index is 476. The molecule has 1 fully saturated rings. The third-order valence-corrected chi connectivity index (χ3v) is 4.25. The lowest BCUT2D eigenvalue weighted by atomic mass is 9.94. The Balaban J connectivity index is 2.24. The summed E-state index contributed by atoms with van der Waals surface area (Å²) in [5.74, 6) is 0.971. The van der Waals surface area contributed by atoms with Gasteiger partial charge in [-0.1, -0.05) is 13.0 Å². The first-order valence-electron chi connectivity index (χ1n) is 6.70. The van der Waals surface area contributed by atoms with Crippen LogP contribution in [0.4, 0.5) is 5.69 Å². The summed E-state index contributed by atoms with van der Waals surface area (Å²) >= 11 is 1.71. The van der Waals surface area contributed by atoms with Gasteiger partial charge >= 0.3 is 0 Å². The molecule has 1 aromatic rings. The number of nitriles is 1. The fourth-order valence-electron chi connectivity index (χ4n) is 2.38. The molecular weight excluding hydrogens is 256 g/mol. The summed E-state index contributed by atoms with van der Waals surface area (Å²) in [5.41, 5.74) is 1.61. The molecule has 0 spiro atoms. The lowest BCUT2D eigenvalue weighted by Gasteiger charge is -2.35. The van der Waals surface area contributed by atoms with Crippen LogP contribution >= 0.6 is 11.8 Å². The Labute approximate surface area is 119 Å². The van der Waals surface area contributed by atoms with Crippen molar-refractivity contribution in [3.8, 4) is 6.07 Å². The maximum absolute atomic E-state index is 9.40. The molecule has 0 bridgehead atoms. The van der Waals surface area contributed by atoms with Crippen LogP contribution in [-0.4, -0.2) is 24.5 Å². The van der Waals surface area contributed by atoms with Crippen molar-refractivity contribution in [2.45, 2.75) is 37.1 Å². The Morgan fingerprint density at radius 3 is 3.00 bits per heavy atom. The first kappa shape index (κ1) is 14.2. The molecule has 1 aliphatic heterocycles. The zero-order valence-electron chi connectivity index (χ0n) is 11.5. The molecule has 1 saturated heterocycles. The highest BCUT2D eigenvalue weighted by Crippen LogP contribution is 2.31. The van der Waals surface area contributed by atoms with E-state index in [1.165, 1.54) is 0 Å². The van der Waals surface area contributed by atoms with Crippen LogP contribution < -0.4 is 5.32 Å². The van der Waals surface area contributed by atoms with E-state index in [9.17, 15) is 5.26 Å². The van der Waals surface area contributed by atoms with Crippen molar-refractivity contribution in [3.05, 3.63) is 23.8 Å². The highest BCUT2D eigenvalue weighted by atomic mass is 32.2. The van der Waals surface area contributed by atoms with E-state index in [2.05, 4.69) is 25.2 Å². The van der Waals surface area contributed by atoms with Crippen molar-refractivity contribution in [1.82, 2.24) is 0 Å². The zero-order chi connectivity index (χ0) is 13.7. The van der Waals surface area contributed by atoms with E-state index >= 15 is 0 Å². The second-order valence-corrected chi connectivity index (χ2v) is 6.37. The van der Waals surface area contributed by atoms with E-state index in [-0.39, 0.29) is 5.54 Å². The Morgan fingerprint density at radius 2 is 2.37 bits per heavy atom. The molecule has 19 heavy (non-hydrogen) atoms. The summed E-state index contributed by atoms with van der Waals surface area (Å²) in [6, 6.07) is 8.34. The molecule has 1 aliphatic rings. The SMILES string of the molecule is CCSc1cccc(NC2(C)CCCOC2)c1C#N. The maximum Gasteiger partial charge on any atom is 0.102 e. The van der Waals surface area contributed by atoms with Crippen LogP contribution in [0.1, 0.15) is 32.3 Å². The number of ether oxygens (including phenoxy) is 1. The van der Waals surface area contributed by atoms with Gasteiger partial charge in [-0.2, -0.15) is 5.26 Å². The third kappa shape index (κ3) is 3.43. The molecule has 3 nitrogen and oxygen atoms in total. The molecule has 102 valence electrons. The van der Waals surface area contributed by atoms with Crippen molar-refractivity contribution >= 4 is 17.4 Å². The highest BCUT2D eigenvalue weighted by Gasteiger charge is 2.28. The van der Waals surface area contributed by atoms with Gasteiger partial charge in [0, 0.05) is 11.5 Å². The van der Waals surface area contributed by atoms with Crippen LogP contribution in [-0.2, 0) is 4.74 Å². The number of nitrogens with one attached hydrogen (secondary N) is 1. The summed E-state index contributed by atoms with van der Waals surface area (Å²) < 4.78 is 5.56. The summed E-state index contributed by atoms with van der Waals surface area (Å²) in [6.07, 6.45) is 2.14. The highest BCUT2D eigenvalue weighted by molar-refractivity contribution is 7.99. The lowest BCUT2D eigenvalue weighted by molar-refractivity contribution is 0.0540. The molecule has 0 amide bonds. The summed E-state index contributed by atoms with van der Waals surface area (Å²) in [4.78, 5) is 1.05. The zero-order valence-corrected chi connectivity index (χ0v) is 12.3. The van der Waals surface area contributed by atoms with Crippen LogP contribution in [0.15, 0.2) is 23.1 Å². The largest absolute Gasteiger partial charge is 0.379 e. The van der Waals surface area contributed by atoms with Gasteiger partial charge in [0.2, 0.25) is 0 Å². The summed E-state index contributed by atoms with van der Waals surface area (Å²) in [7, 11) is 0. The molecule has 4 heteroatoms. The average molecular weight is 276 g/mol. The Morgan fingerprint density at radius 1 is 1.53 bits per heavy atom. The molecule has 0 radical (unpaired) electrons. The van der Waals surface area contributed by atoms with Crippen LogP contribution in [0.25, 0.3) is 0 Å². The van der Waals surface area contributed by atoms with Crippen LogP contribution in [0.5, 0.6) is 0 Å². The molecule has 1 aromatic carbocycles. The molecule has 2 rings (SSSR count). The minimum Gasteiger partial charge on any atom is -0.379 e. The molecule has 1 unspecified atom stereocenters. The first-order chi connectivity index (χ1) is 9.18. The summed E-state index contributed by atoms with van der Waals surface area (Å²) in [6.45, 7) is 5.80. The third-order valence-electron chi connectivity index (χ3n) is 3.31. The molecule has 0 aromatic heterocycles. The van der Waals surface area contributed by atoms with Crippen molar-refractivity contribution in [2.75, 3.05) is 24.3 Å². The molecule has 0 aliphatic carbocycles. The van der Waals surface area contributed by atoms with Crippen molar-refractivity contribution in [3.63, 3.8) is 0 Å². The average Bonchev–Trinajstić information content (AvgIpc) is 2.40. The van der Waals surface area contributed by atoms with E-state index < -0.39 is 0 Å². The number of anilines is 1. The predicted octanol–water partition coefficient (Wildman–Crippen LogP) is 3.65. The number of rotatable bonds is 4. The van der Waals surface area contributed by atoms with E-state index in [4.69, 9.17) is 4.74 Å². The van der Waals surface area contributed by atoms with Gasteiger partial charge in [-0.05, 0) is 37.7 Å². The number of nitrogens with zero attached hydrogens (tertiary/aromatic N) is 1. The summed E-state index contributed by atoms with van der Waals surface area (Å²) in [5, 5.41) is 12.9. The molecule has 1 atom stereocenters. The Kier molecular flexibility index (Phi) is 4.73. The van der Waals surface area contributed by atoms with Gasteiger partial charge in [-0.15, -0.1) is 11.8 Å². The Hall–Kier alpha value is -1.18.